The molecule has 0 unspecified atom stereocenters. The zero-order valence-corrected chi connectivity index (χ0v) is 8.82. The van der Waals surface area contributed by atoms with Crippen molar-refractivity contribution < 1.29 is 0 Å². The first kappa shape index (κ1) is 9.21. The SMILES string of the molecule is C#Cc1ccc2c(c1)SC(C)=C=CC2. The van der Waals surface area contributed by atoms with Gasteiger partial charge < -0.3 is 0 Å². The molecule has 0 radical (unpaired) electrons. The first-order valence-corrected chi connectivity index (χ1v) is 5.30. The summed E-state index contributed by atoms with van der Waals surface area (Å²) in [6.45, 7) is 2.07. The van der Waals surface area contributed by atoms with Crippen LogP contribution < -0.4 is 0 Å². The van der Waals surface area contributed by atoms with E-state index in [1.54, 1.807) is 11.8 Å². The van der Waals surface area contributed by atoms with Crippen LogP contribution in [0.15, 0.2) is 39.8 Å². The molecule has 0 bridgehead atoms. The Kier molecular flexibility index (Phi) is 2.50. The van der Waals surface area contributed by atoms with Gasteiger partial charge in [-0.1, -0.05) is 23.7 Å². The Bertz CT molecular complexity index is 468. The summed E-state index contributed by atoms with van der Waals surface area (Å²) in [6, 6.07) is 6.17. The van der Waals surface area contributed by atoms with E-state index in [1.807, 2.05) is 6.07 Å². The standard InChI is InChI=1S/C13H10S/c1-3-11-7-8-12-6-4-5-10(2)14-13(12)9-11/h1,4,7-9H,6H2,2H3. The highest BCUT2D eigenvalue weighted by Crippen LogP contribution is 2.31. The van der Waals surface area contributed by atoms with Crippen LogP contribution in [0.4, 0.5) is 0 Å². The molecule has 1 aliphatic rings. The van der Waals surface area contributed by atoms with Gasteiger partial charge >= 0.3 is 0 Å². The molecule has 14 heavy (non-hydrogen) atoms. The van der Waals surface area contributed by atoms with E-state index in [-0.39, 0.29) is 0 Å². The van der Waals surface area contributed by atoms with Crippen molar-refractivity contribution in [3.63, 3.8) is 0 Å². The Morgan fingerprint density at radius 1 is 1.50 bits per heavy atom. The number of hydrogen-bond acceptors (Lipinski definition) is 1. The topological polar surface area (TPSA) is 0 Å². The summed E-state index contributed by atoms with van der Waals surface area (Å²) >= 11 is 1.74. The summed E-state index contributed by atoms with van der Waals surface area (Å²) in [5.41, 5.74) is 5.51. The van der Waals surface area contributed by atoms with Gasteiger partial charge in [0.25, 0.3) is 0 Å². The highest BCUT2D eigenvalue weighted by Gasteiger charge is 2.06. The summed E-state index contributed by atoms with van der Waals surface area (Å²) in [5.74, 6) is 2.66. The third-order valence-corrected chi connectivity index (χ3v) is 3.15. The van der Waals surface area contributed by atoms with E-state index in [9.17, 15) is 0 Å². The second kappa shape index (κ2) is 3.80. The molecule has 0 amide bonds. The van der Waals surface area contributed by atoms with E-state index in [0.717, 1.165) is 12.0 Å². The van der Waals surface area contributed by atoms with E-state index in [0.29, 0.717) is 0 Å². The average Bonchev–Trinajstić information content (AvgIpc) is 2.37. The van der Waals surface area contributed by atoms with Crippen molar-refractivity contribution in [1.29, 1.82) is 0 Å². The molecule has 0 nitrogen and oxygen atoms in total. The van der Waals surface area contributed by atoms with Gasteiger partial charge in [0, 0.05) is 15.4 Å². The summed E-state index contributed by atoms with van der Waals surface area (Å²) in [5, 5.41) is 0. The number of rotatable bonds is 0. The van der Waals surface area contributed by atoms with Crippen LogP contribution in [0.1, 0.15) is 18.1 Å². The third kappa shape index (κ3) is 1.77. The number of allylic oxidation sites excluding steroid dienone is 1. The Balaban J connectivity index is 2.48. The van der Waals surface area contributed by atoms with Crippen molar-refractivity contribution >= 4 is 11.8 Å². The molecule has 0 spiro atoms. The van der Waals surface area contributed by atoms with E-state index in [1.165, 1.54) is 15.4 Å². The first-order valence-electron chi connectivity index (χ1n) is 4.49. The number of fused-ring (bicyclic) bond motifs is 1. The summed E-state index contributed by atoms with van der Waals surface area (Å²) in [4.78, 5) is 2.46. The lowest BCUT2D eigenvalue weighted by Gasteiger charge is -2.05. The smallest absolute Gasteiger partial charge is 0.0281 e. The number of terminal acetylenes is 1. The number of benzene rings is 1. The molecule has 1 heterocycles. The Morgan fingerprint density at radius 2 is 2.36 bits per heavy atom. The van der Waals surface area contributed by atoms with E-state index in [4.69, 9.17) is 6.42 Å². The first-order chi connectivity index (χ1) is 6.79. The van der Waals surface area contributed by atoms with Crippen LogP contribution >= 0.6 is 11.8 Å². The Hall–Kier alpha value is -1.35. The predicted octanol–water partition coefficient (Wildman–Crippen LogP) is 3.38. The molecule has 0 atom stereocenters. The van der Waals surface area contributed by atoms with Crippen molar-refractivity contribution in [2.24, 2.45) is 0 Å². The molecule has 0 N–H and O–H groups in total. The van der Waals surface area contributed by atoms with Crippen molar-refractivity contribution in [2.75, 3.05) is 0 Å². The molecule has 1 aromatic carbocycles. The Morgan fingerprint density at radius 3 is 3.14 bits per heavy atom. The second-order valence-electron chi connectivity index (χ2n) is 3.18. The normalized spacial score (nSPS) is 13.9. The summed E-state index contributed by atoms with van der Waals surface area (Å²) < 4.78 is 0. The van der Waals surface area contributed by atoms with Gasteiger partial charge in [-0.2, -0.15) is 0 Å². The van der Waals surface area contributed by atoms with E-state index >= 15 is 0 Å². The molecular formula is C13H10S. The molecule has 0 aliphatic carbocycles. The van der Waals surface area contributed by atoms with Crippen LogP contribution in [-0.4, -0.2) is 0 Å². The maximum Gasteiger partial charge on any atom is 0.0281 e. The largest absolute Gasteiger partial charge is 0.115 e. The van der Waals surface area contributed by atoms with Gasteiger partial charge in [-0.05, 0) is 37.1 Å². The van der Waals surface area contributed by atoms with Gasteiger partial charge in [0.2, 0.25) is 0 Å². The zero-order valence-electron chi connectivity index (χ0n) is 8.00. The van der Waals surface area contributed by atoms with Crippen LogP contribution in [0, 0.1) is 12.3 Å². The minimum atomic E-state index is 0.949. The molecule has 0 fully saturated rings. The van der Waals surface area contributed by atoms with Gasteiger partial charge in [-0.15, -0.1) is 12.2 Å². The molecule has 1 aromatic rings. The van der Waals surface area contributed by atoms with Gasteiger partial charge in [0.15, 0.2) is 0 Å². The number of thioether (sulfide) groups is 1. The van der Waals surface area contributed by atoms with E-state index < -0.39 is 0 Å². The average molecular weight is 198 g/mol. The summed E-state index contributed by atoms with van der Waals surface area (Å²) in [7, 11) is 0. The lowest BCUT2D eigenvalue weighted by atomic mass is 10.1. The van der Waals surface area contributed by atoms with Crippen molar-refractivity contribution in [3.05, 3.63) is 46.0 Å². The van der Waals surface area contributed by atoms with E-state index in [2.05, 4.69) is 36.8 Å². The minimum absolute atomic E-state index is 0.949. The molecule has 0 saturated carbocycles. The second-order valence-corrected chi connectivity index (χ2v) is 4.43. The molecule has 1 heteroatoms. The van der Waals surface area contributed by atoms with Crippen LogP contribution in [0.3, 0.4) is 0 Å². The van der Waals surface area contributed by atoms with Crippen molar-refractivity contribution in [3.8, 4) is 12.3 Å². The fourth-order valence-corrected chi connectivity index (χ4v) is 2.35. The molecular weight excluding hydrogens is 188 g/mol. The monoisotopic (exact) mass is 198 g/mol. The van der Waals surface area contributed by atoms with Crippen molar-refractivity contribution in [1.82, 2.24) is 0 Å². The van der Waals surface area contributed by atoms with Crippen LogP contribution in [0.5, 0.6) is 0 Å². The molecule has 0 aromatic heterocycles. The van der Waals surface area contributed by atoms with Gasteiger partial charge in [0.05, 0.1) is 0 Å². The molecule has 1 aliphatic heterocycles. The third-order valence-electron chi connectivity index (χ3n) is 2.12. The molecule has 0 saturated heterocycles. The minimum Gasteiger partial charge on any atom is -0.115 e. The predicted molar refractivity (Wildman–Crippen MR) is 61.2 cm³/mol. The molecule has 2 rings (SSSR count). The Labute approximate surface area is 88.7 Å². The maximum atomic E-state index is 5.37. The highest BCUT2D eigenvalue weighted by atomic mass is 32.2. The fraction of sp³-hybridized carbons (Fsp3) is 0.154. The van der Waals surface area contributed by atoms with Crippen LogP contribution in [0.25, 0.3) is 0 Å². The maximum absolute atomic E-state index is 5.37. The quantitative estimate of drug-likeness (QED) is 0.455. The van der Waals surface area contributed by atoms with Crippen LogP contribution in [-0.2, 0) is 6.42 Å². The molecule has 68 valence electrons. The van der Waals surface area contributed by atoms with Crippen molar-refractivity contribution in [2.45, 2.75) is 18.2 Å². The van der Waals surface area contributed by atoms with Gasteiger partial charge in [-0.3, -0.25) is 0 Å². The lowest BCUT2D eigenvalue weighted by molar-refractivity contribution is 1.18. The fourth-order valence-electron chi connectivity index (χ4n) is 1.41. The number of hydrogen-bond donors (Lipinski definition) is 0. The van der Waals surface area contributed by atoms with Gasteiger partial charge in [0.1, 0.15) is 0 Å². The van der Waals surface area contributed by atoms with Gasteiger partial charge in [-0.25, -0.2) is 0 Å². The lowest BCUT2D eigenvalue weighted by Crippen LogP contribution is -1.86. The zero-order chi connectivity index (χ0) is 9.97. The van der Waals surface area contributed by atoms with Crippen LogP contribution in [0.2, 0.25) is 0 Å². The summed E-state index contributed by atoms with van der Waals surface area (Å²) in [6.07, 6.45) is 8.39. The highest BCUT2D eigenvalue weighted by molar-refractivity contribution is 8.03.